The second kappa shape index (κ2) is 13.2. The van der Waals surface area contributed by atoms with E-state index in [0.717, 1.165) is 51.5 Å². The Morgan fingerprint density at radius 3 is 2.67 bits per heavy atom. The molecule has 2 bridgehead atoms. The first-order valence-corrected chi connectivity index (χ1v) is 19.8. The van der Waals surface area contributed by atoms with Gasteiger partial charge in [0.1, 0.15) is 29.5 Å². The van der Waals surface area contributed by atoms with Crippen LogP contribution in [0.5, 0.6) is 6.01 Å². The standard InChI is InChI=1S/C42H43F5N6O2/c1-2-27-29(43)14-12-23-6-3-7-28(33(23)27)36-35(44)37-34-31(49-36)8-4-9-32-30-15-13-25(48-30)20-52(32)39(34)51-40(50-37)55-22-41-17-5-19-53(41)26(16-18-41)21-54-38(24-10-11-24)42(45,46)47/h1,3,6-7,12,14,24-26,30,32,38,48H,4-5,8-11,13,15-22H2/t25-,26+,30+,32-,38?,41+/m1/s1. The zero-order valence-electron chi connectivity index (χ0n) is 30.5. The molecule has 2 aromatic carbocycles. The van der Waals surface area contributed by atoms with E-state index in [1.165, 1.54) is 6.07 Å². The molecule has 0 radical (unpaired) electrons. The van der Waals surface area contributed by atoms with Gasteiger partial charge in [-0.15, -0.1) is 6.42 Å². The molecule has 1 aliphatic carbocycles. The Hall–Kier alpha value is -4.12. The van der Waals surface area contributed by atoms with Crippen LogP contribution in [-0.2, 0) is 11.2 Å². The van der Waals surface area contributed by atoms with E-state index in [0.29, 0.717) is 71.5 Å². The normalized spacial score (nSPS) is 28.2. The minimum absolute atomic E-state index is 0.0228. The first-order valence-electron chi connectivity index (χ1n) is 19.8. The largest absolute Gasteiger partial charge is 0.461 e. The molecule has 5 aliphatic heterocycles. The number of hydrogen-bond acceptors (Lipinski definition) is 8. The molecule has 5 fully saturated rings. The minimum Gasteiger partial charge on any atom is -0.461 e. The quantitative estimate of drug-likeness (QED) is 0.147. The number of alkyl halides is 3. The van der Waals surface area contributed by atoms with Crippen LogP contribution >= 0.6 is 0 Å². The minimum atomic E-state index is -4.38. The number of ether oxygens (including phenoxy) is 2. The van der Waals surface area contributed by atoms with E-state index in [-0.39, 0.29) is 54.1 Å². The molecule has 1 N–H and O–H groups in total. The molecule has 55 heavy (non-hydrogen) atoms. The Balaban J connectivity index is 1.04. The molecule has 2 aromatic heterocycles. The third-order valence-electron chi connectivity index (χ3n) is 13.3. The van der Waals surface area contributed by atoms with Gasteiger partial charge in [0.2, 0.25) is 0 Å². The molecule has 1 saturated carbocycles. The molecule has 288 valence electrons. The number of fused-ring (bicyclic) bond motifs is 7. The topological polar surface area (TPSA) is 75.6 Å². The van der Waals surface area contributed by atoms with Crippen LogP contribution < -0.4 is 15.0 Å². The van der Waals surface area contributed by atoms with E-state index in [4.69, 9.17) is 30.8 Å². The van der Waals surface area contributed by atoms with Gasteiger partial charge in [0, 0.05) is 41.7 Å². The zero-order chi connectivity index (χ0) is 37.6. The summed E-state index contributed by atoms with van der Waals surface area (Å²) in [5, 5.41) is 5.43. The Morgan fingerprint density at radius 1 is 0.982 bits per heavy atom. The predicted molar refractivity (Wildman–Crippen MR) is 198 cm³/mol. The molecule has 13 heteroatoms. The number of halogens is 5. The van der Waals surface area contributed by atoms with Gasteiger partial charge >= 0.3 is 12.2 Å². The van der Waals surface area contributed by atoms with Crippen molar-refractivity contribution in [3.05, 3.63) is 53.2 Å². The molecule has 7 heterocycles. The smallest absolute Gasteiger partial charge is 0.414 e. The van der Waals surface area contributed by atoms with Crippen molar-refractivity contribution in [2.75, 3.05) is 31.2 Å². The highest BCUT2D eigenvalue weighted by Crippen LogP contribution is 2.47. The molecule has 8 nitrogen and oxygen atoms in total. The van der Waals surface area contributed by atoms with Gasteiger partial charge in [-0.25, -0.2) is 13.8 Å². The lowest BCUT2D eigenvalue weighted by Gasteiger charge is -2.43. The predicted octanol–water partition coefficient (Wildman–Crippen LogP) is 7.48. The number of pyridine rings is 1. The second-order valence-electron chi connectivity index (χ2n) is 16.5. The molecule has 6 aliphatic rings. The summed E-state index contributed by atoms with van der Waals surface area (Å²) in [5.74, 6) is 1.41. The van der Waals surface area contributed by atoms with Crippen molar-refractivity contribution in [3.8, 4) is 29.6 Å². The number of hydrogen-bond donors (Lipinski definition) is 1. The van der Waals surface area contributed by atoms with Crippen molar-refractivity contribution in [3.63, 3.8) is 0 Å². The molecule has 0 spiro atoms. The first kappa shape index (κ1) is 35.3. The number of nitrogens with one attached hydrogen (secondary N) is 1. The van der Waals surface area contributed by atoms with E-state index < -0.39 is 35.4 Å². The lowest BCUT2D eigenvalue weighted by molar-refractivity contribution is -0.230. The third kappa shape index (κ3) is 5.93. The molecular weight excluding hydrogens is 715 g/mol. The lowest BCUT2D eigenvalue weighted by atomic mass is 9.93. The van der Waals surface area contributed by atoms with Gasteiger partial charge in [-0.2, -0.15) is 23.1 Å². The number of benzene rings is 2. The summed E-state index contributed by atoms with van der Waals surface area (Å²) in [6, 6.07) is 8.91. The lowest BCUT2D eigenvalue weighted by Crippen LogP contribution is -2.58. The van der Waals surface area contributed by atoms with Gasteiger partial charge in [0.25, 0.3) is 0 Å². The Bertz CT molecular complexity index is 2220. The summed E-state index contributed by atoms with van der Waals surface area (Å²) in [6.07, 6.45) is 8.39. The van der Waals surface area contributed by atoms with Gasteiger partial charge in [0.05, 0.1) is 28.8 Å². The van der Waals surface area contributed by atoms with Crippen LogP contribution in [-0.4, -0.2) is 88.1 Å². The monoisotopic (exact) mass is 758 g/mol. The highest BCUT2D eigenvalue weighted by atomic mass is 19.4. The number of piperazine rings is 1. The Labute approximate surface area is 316 Å². The summed E-state index contributed by atoms with van der Waals surface area (Å²) < 4.78 is 85.9. The molecule has 6 atom stereocenters. The van der Waals surface area contributed by atoms with Gasteiger partial charge in [0.15, 0.2) is 11.9 Å². The molecule has 10 rings (SSSR count). The summed E-state index contributed by atoms with van der Waals surface area (Å²) >= 11 is 0. The average Bonchev–Trinajstić information content (AvgIpc) is 3.64. The van der Waals surface area contributed by atoms with Gasteiger partial charge < -0.3 is 19.7 Å². The summed E-state index contributed by atoms with van der Waals surface area (Å²) in [6.45, 7) is 1.69. The summed E-state index contributed by atoms with van der Waals surface area (Å²) in [5.41, 5.74) is 0.844. The molecule has 1 unspecified atom stereocenters. The molecule has 0 amide bonds. The van der Waals surface area contributed by atoms with Crippen molar-refractivity contribution in [2.24, 2.45) is 5.92 Å². The maximum Gasteiger partial charge on any atom is 0.414 e. The summed E-state index contributed by atoms with van der Waals surface area (Å²) in [7, 11) is 0. The van der Waals surface area contributed by atoms with E-state index in [1.807, 2.05) is 6.07 Å². The zero-order valence-corrected chi connectivity index (χ0v) is 30.5. The maximum atomic E-state index is 17.4. The van der Waals surface area contributed by atoms with Crippen LogP contribution in [0.3, 0.4) is 0 Å². The van der Waals surface area contributed by atoms with Crippen molar-refractivity contribution >= 4 is 27.5 Å². The van der Waals surface area contributed by atoms with Crippen LogP contribution in [0.1, 0.15) is 75.5 Å². The number of aryl methyl sites for hydroxylation is 1. The number of rotatable bonds is 8. The van der Waals surface area contributed by atoms with Crippen LogP contribution in [0.2, 0.25) is 0 Å². The SMILES string of the molecule is C#Cc1c(F)ccc2cccc(-c3nc4c5c(nc(OC[C@@]67CCCN6[C@H](COC(C6CC6)C(F)(F)F)CC7)nc5c3F)N3C[C@H]5CC[C@H](N5)[C@H]3CCC4)c12. The van der Waals surface area contributed by atoms with E-state index in [2.05, 4.69) is 21.0 Å². The Kier molecular flexibility index (Phi) is 8.50. The van der Waals surface area contributed by atoms with E-state index in [1.54, 1.807) is 18.2 Å². The van der Waals surface area contributed by atoms with Gasteiger partial charge in [-0.3, -0.25) is 4.90 Å². The fourth-order valence-electron chi connectivity index (χ4n) is 10.6. The highest BCUT2D eigenvalue weighted by molar-refractivity contribution is 6.02. The van der Waals surface area contributed by atoms with Crippen molar-refractivity contribution in [1.29, 1.82) is 0 Å². The van der Waals surface area contributed by atoms with Crippen LogP contribution in [0.25, 0.3) is 32.9 Å². The summed E-state index contributed by atoms with van der Waals surface area (Å²) in [4.78, 5) is 19.4. The fraction of sp³-hybridized carbons (Fsp3) is 0.548. The number of nitrogens with zero attached hydrogens (tertiary/aromatic N) is 5. The second-order valence-corrected chi connectivity index (χ2v) is 16.5. The third-order valence-corrected chi connectivity index (χ3v) is 13.3. The van der Waals surface area contributed by atoms with Gasteiger partial charge in [-0.1, -0.05) is 30.2 Å². The average molecular weight is 759 g/mol. The van der Waals surface area contributed by atoms with Crippen molar-refractivity contribution in [1.82, 2.24) is 25.2 Å². The van der Waals surface area contributed by atoms with E-state index >= 15 is 8.78 Å². The van der Waals surface area contributed by atoms with Crippen LogP contribution in [0, 0.1) is 29.9 Å². The molecule has 4 saturated heterocycles. The van der Waals surface area contributed by atoms with E-state index in [9.17, 15) is 13.2 Å². The Morgan fingerprint density at radius 2 is 1.85 bits per heavy atom. The van der Waals surface area contributed by atoms with Gasteiger partial charge in [-0.05, 0) is 94.5 Å². The molecular formula is C42H43F5N6O2. The number of anilines is 1. The number of aromatic nitrogens is 3. The van der Waals surface area contributed by atoms with Crippen LogP contribution in [0.4, 0.5) is 27.8 Å². The van der Waals surface area contributed by atoms with Crippen LogP contribution in [0.15, 0.2) is 30.3 Å². The maximum absolute atomic E-state index is 17.4. The van der Waals surface area contributed by atoms with Crippen molar-refractivity contribution < 1.29 is 31.4 Å². The van der Waals surface area contributed by atoms with Crippen molar-refractivity contribution in [2.45, 2.75) is 113 Å². The first-order chi connectivity index (χ1) is 26.6. The fourth-order valence-corrected chi connectivity index (χ4v) is 10.6. The number of terminal acetylenes is 1. The highest BCUT2D eigenvalue weighted by Gasteiger charge is 2.53. The molecule has 4 aromatic rings.